The Morgan fingerprint density at radius 1 is 1.11 bits per heavy atom. The van der Waals surface area contributed by atoms with Gasteiger partial charge < -0.3 is 5.32 Å². The molecule has 3 atom stereocenters. The third kappa shape index (κ3) is 2.56. The Hall–Kier alpha value is -0.860. The second kappa shape index (κ2) is 5.64. The highest BCUT2D eigenvalue weighted by Crippen LogP contribution is 2.40. The monoisotopic (exact) mass is 258 g/mol. The lowest BCUT2D eigenvalue weighted by Crippen LogP contribution is -2.46. The van der Waals surface area contributed by atoms with Gasteiger partial charge in [0.2, 0.25) is 0 Å². The van der Waals surface area contributed by atoms with Crippen molar-refractivity contribution >= 4 is 0 Å². The molecule has 104 valence electrons. The lowest BCUT2D eigenvalue weighted by Gasteiger charge is -2.42. The van der Waals surface area contributed by atoms with E-state index in [-0.39, 0.29) is 0 Å². The van der Waals surface area contributed by atoms with Gasteiger partial charge in [0.25, 0.3) is 0 Å². The maximum atomic E-state index is 3.46. The van der Waals surface area contributed by atoms with Crippen molar-refractivity contribution in [3.63, 3.8) is 0 Å². The van der Waals surface area contributed by atoms with E-state index >= 15 is 0 Å². The number of piperidine rings is 1. The Morgan fingerprint density at radius 3 is 2.68 bits per heavy atom. The molecule has 2 heteroatoms. The van der Waals surface area contributed by atoms with Crippen molar-refractivity contribution in [1.29, 1.82) is 0 Å². The number of rotatable bonds is 2. The van der Waals surface area contributed by atoms with Crippen LogP contribution in [0, 0.1) is 0 Å². The average Bonchev–Trinajstić information content (AvgIpc) is 2.48. The number of nitrogens with one attached hydrogen (secondary N) is 1. The summed E-state index contributed by atoms with van der Waals surface area (Å²) in [5.74, 6) is 0.734. The lowest BCUT2D eigenvalue weighted by molar-refractivity contribution is 0.124. The van der Waals surface area contributed by atoms with Gasteiger partial charge in [-0.25, -0.2) is 0 Å². The predicted molar refractivity (Wildman–Crippen MR) is 80.5 cm³/mol. The summed E-state index contributed by atoms with van der Waals surface area (Å²) in [6.07, 6.45) is 5.33. The van der Waals surface area contributed by atoms with E-state index in [0.717, 1.165) is 5.92 Å². The van der Waals surface area contributed by atoms with Crippen LogP contribution in [0.4, 0.5) is 0 Å². The zero-order valence-corrected chi connectivity index (χ0v) is 12.2. The van der Waals surface area contributed by atoms with E-state index in [0.29, 0.717) is 12.1 Å². The number of likely N-dealkylation sites (tertiary alicyclic amines) is 1. The Morgan fingerprint density at radius 2 is 1.89 bits per heavy atom. The molecule has 0 aromatic heterocycles. The number of benzene rings is 1. The van der Waals surface area contributed by atoms with Crippen LogP contribution < -0.4 is 5.32 Å². The molecular formula is C17H26N2. The molecule has 0 radical (unpaired) electrons. The van der Waals surface area contributed by atoms with E-state index < -0.39 is 0 Å². The van der Waals surface area contributed by atoms with Crippen molar-refractivity contribution in [3.05, 3.63) is 35.4 Å². The normalized spacial score (nSPS) is 32.0. The maximum Gasteiger partial charge on any atom is 0.0351 e. The van der Waals surface area contributed by atoms with Gasteiger partial charge in [-0.15, -0.1) is 0 Å². The Labute approximate surface area is 117 Å². The van der Waals surface area contributed by atoms with Crippen molar-refractivity contribution < 1.29 is 0 Å². The van der Waals surface area contributed by atoms with Gasteiger partial charge in [-0.05, 0) is 56.3 Å². The van der Waals surface area contributed by atoms with E-state index in [9.17, 15) is 0 Å². The molecule has 1 saturated heterocycles. The van der Waals surface area contributed by atoms with Gasteiger partial charge in [0.05, 0.1) is 0 Å². The van der Waals surface area contributed by atoms with Gasteiger partial charge >= 0.3 is 0 Å². The smallest absolute Gasteiger partial charge is 0.0351 e. The summed E-state index contributed by atoms with van der Waals surface area (Å²) in [4.78, 5) is 2.72. The molecule has 3 unspecified atom stereocenters. The number of hydrogen-bond acceptors (Lipinski definition) is 2. The molecule has 1 aromatic rings. The van der Waals surface area contributed by atoms with Crippen LogP contribution in [-0.4, -0.2) is 31.1 Å². The molecule has 1 aliphatic heterocycles. The lowest BCUT2D eigenvalue weighted by atomic mass is 9.80. The molecule has 3 rings (SSSR count). The minimum absolute atomic E-state index is 0.656. The van der Waals surface area contributed by atoms with E-state index in [1.54, 1.807) is 11.1 Å². The van der Waals surface area contributed by atoms with Crippen LogP contribution >= 0.6 is 0 Å². The predicted octanol–water partition coefficient (Wildman–Crippen LogP) is 3.31. The van der Waals surface area contributed by atoms with Crippen molar-refractivity contribution in [1.82, 2.24) is 10.2 Å². The number of hydrogen-bond donors (Lipinski definition) is 1. The summed E-state index contributed by atoms with van der Waals surface area (Å²) in [6.45, 7) is 4.86. The zero-order valence-electron chi connectivity index (χ0n) is 12.2. The van der Waals surface area contributed by atoms with E-state index in [4.69, 9.17) is 0 Å². The standard InChI is InChI=1S/C17H26N2/c1-13-9-10-17(16-8-4-3-7-15(13)16)19-11-5-6-14(12-19)18-2/h3-4,7-8,13-14,17-18H,5-6,9-12H2,1-2H3. The number of likely N-dealkylation sites (N-methyl/N-ethyl adjacent to an activating group) is 1. The number of fused-ring (bicyclic) bond motifs is 1. The Bertz CT molecular complexity index is 429. The highest BCUT2D eigenvalue weighted by molar-refractivity contribution is 5.35. The molecule has 2 nitrogen and oxygen atoms in total. The van der Waals surface area contributed by atoms with E-state index in [1.165, 1.54) is 38.8 Å². The highest BCUT2D eigenvalue weighted by Gasteiger charge is 2.31. The van der Waals surface area contributed by atoms with Crippen molar-refractivity contribution in [2.45, 2.75) is 50.6 Å². The molecular weight excluding hydrogens is 232 g/mol. The Kier molecular flexibility index (Phi) is 3.90. The van der Waals surface area contributed by atoms with Crippen LogP contribution in [0.2, 0.25) is 0 Å². The zero-order chi connectivity index (χ0) is 13.2. The van der Waals surface area contributed by atoms with Crippen LogP contribution in [0.1, 0.15) is 55.7 Å². The van der Waals surface area contributed by atoms with E-state index in [2.05, 4.69) is 48.5 Å². The molecule has 1 N–H and O–H groups in total. The summed E-state index contributed by atoms with van der Waals surface area (Å²) >= 11 is 0. The van der Waals surface area contributed by atoms with Crippen molar-refractivity contribution in [3.8, 4) is 0 Å². The summed E-state index contributed by atoms with van der Waals surface area (Å²) in [7, 11) is 2.10. The molecule has 1 fully saturated rings. The van der Waals surface area contributed by atoms with Crippen LogP contribution in [0.25, 0.3) is 0 Å². The minimum Gasteiger partial charge on any atom is -0.316 e. The average molecular weight is 258 g/mol. The molecule has 0 saturated carbocycles. The first-order chi connectivity index (χ1) is 9.29. The second-order valence-electron chi connectivity index (χ2n) is 6.25. The van der Waals surface area contributed by atoms with Gasteiger partial charge in [0.15, 0.2) is 0 Å². The first-order valence-electron chi connectivity index (χ1n) is 7.79. The largest absolute Gasteiger partial charge is 0.316 e. The fourth-order valence-corrected chi connectivity index (χ4v) is 3.89. The third-order valence-corrected chi connectivity index (χ3v) is 5.06. The highest BCUT2D eigenvalue weighted by atomic mass is 15.2. The van der Waals surface area contributed by atoms with Crippen LogP contribution in [0.3, 0.4) is 0 Å². The fraction of sp³-hybridized carbons (Fsp3) is 0.647. The Balaban J connectivity index is 1.84. The van der Waals surface area contributed by atoms with Crippen molar-refractivity contribution in [2.75, 3.05) is 20.1 Å². The number of nitrogens with zero attached hydrogens (tertiary/aromatic N) is 1. The summed E-state index contributed by atoms with van der Waals surface area (Å²) < 4.78 is 0. The van der Waals surface area contributed by atoms with Crippen LogP contribution in [0.15, 0.2) is 24.3 Å². The summed E-state index contributed by atoms with van der Waals surface area (Å²) in [5.41, 5.74) is 3.18. The quantitative estimate of drug-likeness (QED) is 0.875. The maximum absolute atomic E-state index is 3.46. The summed E-state index contributed by atoms with van der Waals surface area (Å²) in [5, 5.41) is 3.46. The van der Waals surface area contributed by atoms with Gasteiger partial charge in [-0.2, -0.15) is 0 Å². The van der Waals surface area contributed by atoms with Gasteiger partial charge in [-0.3, -0.25) is 4.90 Å². The molecule has 0 bridgehead atoms. The second-order valence-corrected chi connectivity index (χ2v) is 6.25. The molecule has 0 spiro atoms. The summed E-state index contributed by atoms with van der Waals surface area (Å²) in [6, 6.07) is 10.4. The van der Waals surface area contributed by atoms with Crippen LogP contribution in [-0.2, 0) is 0 Å². The molecule has 1 aromatic carbocycles. The van der Waals surface area contributed by atoms with Gasteiger partial charge in [0, 0.05) is 18.6 Å². The first-order valence-corrected chi connectivity index (χ1v) is 7.79. The molecule has 19 heavy (non-hydrogen) atoms. The third-order valence-electron chi connectivity index (χ3n) is 5.06. The SMILES string of the molecule is CNC1CCCN(C2CCC(C)c3ccccc32)C1. The fourth-order valence-electron chi connectivity index (χ4n) is 3.89. The molecule has 1 heterocycles. The first kappa shape index (κ1) is 13.1. The van der Waals surface area contributed by atoms with Gasteiger partial charge in [0.1, 0.15) is 0 Å². The van der Waals surface area contributed by atoms with Crippen LogP contribution in [0.5, 0.6) is 0 Å². The topological polar surface area (TPSA) is 15.3 Å². The van der Waals surface area contributed by atoms with Gasteiger partial charge in [-0.1, -0.05) is 31.2 Å². The van der Waals surface area contributed by atoms with E-state index in [1.807, 2.05) is 0 Å². The molecule has 0 amide bonds. The molecule has 1 aliphatic carbocycles. The molecule has 2 aliphatic rings. The van der Waals surface area contributed by atoms with Crippen molar-refractivity contribution in [2.24, 2.45) is 0 Å². The minimum atomic E-state index is 0.656.